The van der Waals surface area contributed by atoms with Crippen molar-refractivity contribution in [3.05, 3.63) is 52.2 Å². The third kappa shape index (κ3) is 2.34. The van der Waals surface area contributed by atoms with Crippen molar-refractivity contribution in [2.24, 2.45) is 0 Å². The first kappa shape index (κ1) is 12.2. The second-order valence-corrected chi connectivity index (χ2v) is 5.20. The molecule has 0 unspecified atom stereocenters. The zero-order chi connectivity index (χ0) is 13.2. The van der Waals surface area contributed by atoms with Crippen LogP contribution in [-0.2, 0) is 12.8 Å². The second-order valence-electron chi connectivity index (χ2n) is 4.84. The lowest BCUT2D eigenvalue weighted by Gasteiger charge is -2.16. The molecule has 0 saturated carbocycles. The van der Waals surface area contributed by atoms with Crippen molar-refractivity contribution in [3.63, 3.8) is 0 Å². The Labute approximate surface area is 117 Å². The number of benzene rings is 1. The van der Waals surface area contributed by atoms with Gasteiger partial charge in [-0.25, -0.2) is 4.98 Å². The van der Waals surface area contributed by atoms with E-state index >= 15 is 0 Å². The number of hydrogen-bond donors (Lipinski definition) is 0. The van der Waals surface area contributed by atoms with Crippen LogP contribution in [0.3, 0.4) is 0 Å². The smallest absolute Gasteiger partial charge is 0.147 e. The van der Waals surface area contributed by atoms with E-state index in [0.717, 1.165) is 17.7 Å². The summed E-state index contributed by atoms with van der Waals surface area (Å²) < 4.78 is 0. The molecule has 0 amide bonds. The first-order valence-electron chi connectivity index (χ1n) is 6.47. The number of rotatable bonds is 1. The summed E-state index contributed by atoms with van der Waals surface area (Å²) in [7, 11) is 0. The Morgan fingerprint density at radius 1 is 1.05 bits per heavy atom. The molecule has 19 heavy (non-hydrogen) atoms. The molecule has 94 valence electrons. The molecule has 0 bridgehead atoms. The number of pyridine rings is 1. The van der Waals surface area contributed by atoms with Crippen LogP contribution >= 0.6 is 11.6 Å². The van der Waals surface area contributed by atoms with E-state index < -0.39 is 0 Å². The molecule has 0 spiro atoms. The average Bonchev–Trinajstić information content (AvgIpc) is 2.46. The summed E-state index contributed by atoms with van der Waals surface area (Å²) in [6, 6.07) is 12.1. The molecular weight excluding hydrogens is 256 g/mol. The van der Waals surface area contributed by atoms with Gasteiger partial charge in [-0.05, 0) is 55.0 Å². The Hall–Kier alpha value is -1.85. The van der Waals surface area contributed by atoms with Gasteiger partial charge in [-0.15, -0.1) is 0 Å². The lowest BCUT2D eigenvalue weighted by Crippen LogP contribution is -2.02. The fraction of sp³-hybridized carbons (Fsp3) is 0.250. The van der Waals surface area contributed by atoms with Gasteiger partial charge < -0.3 is 0 Å². The Kier molecular flexibility index (Phi) is 3.23. The molecule has 3 rings (SSSR count). The fourth-order valence-electron chi connectivity index (χ4n) is 2.57. The third-order valence-electron chi connectivity index (χ3n) is 3.61. The van der Waals surface area contributed by atoms with Crippen molar-refractivity contribution in [3.8, 4) is 17.3 Å². The Morgan fingerprint density at radius 2 is 1.84 bits per heavy atom. The Bertz CT molecular complexity index is 671. The molecule has 2 nitrogen and oxygen atoms in total. The predicted molar refractivity (Wildman–Crippen MR) is 76.0 cm³/mol. The molecule has 0 aliphatic heterocycles. The summed E-state index contributed by atoms with van der Waals surface area (Å²) in [6.07, 6.45) is 4.87. The Morgan fingerprint density at radius 3 is 2.58 bits per heavy atom. The van der Waals surface area contributed by atoms with Crippen molar-refractivity contribution in [1.82, 2.24) is 4.98 Å². The molecule has 1 heterocycles. The van der Waals surface area contributed by atoms with E-state index in [0.29, 0.717) is 5.56 Å². The molecule has 1 aliphatic carbocycles. The minimum absolute atomic E-state index is 0.276. The van der Waals surface area contributed by atoms with E-state index in [1.54, 1.807) is 6.07 Å². The molecule has 0 atom stereocenters. The molecule has 1 aromatic carbocycles. The summed E-state index contributed by atoms with van der Waals surface area (Å²) in [4.78, 5) is 4.31. The Balaban J connectivity index is 2.03. The minimum Gasteiger partial charge on any atom is -0.235 e. The SMILES string of the molecule is N#Cc1ccc(-c2ccc3c(c2)CCCC3)nc1Cl. The summed E-state index contributed by atoms with van der Waals surface area (Å²) in [5, 5.41) is 9.14. The lowest BCUT2D eigenvalue weighted by molar-refractivity contribution is 0.686. The van der Waals surface area contributed by atoms with E-state index in [2.05, 4.69) is 23.2 Å². The van der Waals surface area contributed by atoms with Gasteiger partial charge in [0.25, 0.3) is 0 Å². The highest BCUT2D eigenvalue weighted by Gasteiger charge is 2.11. The van der Waals surface area contributed by atoms with E-state index in [1.165, 1.54) is 30.4 Å². The van der Waals surface area contributed by atoms with Gasteiger partial charge in [-0.2, -0.15) is 5.26 Å². The number of halogens is 1. The van der Waals surface area contributed by atoms with Crippen molar-refractivity contribution in [2.75, 3.05) is 0 Å². The fourth-order valence-corrected chi connectivity index (χ4v) is 2.77. The predicted octanol–water partition coefficient (Wildman–Crippen LogP) is 4.15. The van der Waals surface area contributed by atoms with Gasteiger partial charge in [-0.3, -0.25) is 0 Å². The van der Waals surface area contributed by atoms with Crippen molar-refractivity contribution >= 4 is 11.6 Å². The molecule has 0 N–H and O–H groups in total. The van der Waals surface area contributed by atoms with Crippen LogP contribution < -0.4 is 0 Å². The van der Waals surface area contributed by atoms with Gasteiger partial charge in [0.2, 0.25) is 0 Å². The molecule has 1 aliphatic rings. The van der Waals surface area contributed by atoms with E-state index in [1.807, 2.05) is 12.1 Å². The topological polar surface area (TPSA) is 36.7 Å². The highest BCUT2D eigenvalue weighted by Crippen LogP contribution is 2.27. The van der Waals surface area contributed by atoms with Gasteiger partial charge in [-0.1, -0.05) is 23.7 Å². The van der Waals surface area contributed by atoms with Gasteiger partial charge >= 0.3 is 0 Å². The summed E-state index contributed by atoms with van der Waals surface area (Å²) >= 11 is 5.99. The van der Waals surface area contributed by atoms with Crippen LogP contribution in [-0.4, -0.2) is 4.98 Å². The van der Waals surface area contributed by atoms with Gasteiger partial charge in [0.1, 0.15) is 11.2 Å². The number of aryl methyl sites for hydroxylation is 2. The number of hydrogen-bond acceptors (Lipinski definition) is 2. The van der Waals surface area contributed by atoms with Gasteiger partial charge in [0.15, 0.2) is 0 Å². The van der Waals surface area contributed by atoms with Gasteiger partial charge in [0, 0.05) is 5.56 Å². The lowest BCUT2D eigenvalue weighted by atomic mass is 9.90. The van der Waals surface area contributed by atoms with Crippen LogP contribution in [0, 0.1) is 11.3 Å². The minimum atomic E-state index is 0.276. The summed E-state index contributed by atoms with van der Waals surface area (Å²) in [6.45, 7) is 0. The first-order valence-corrected chi connectivity index (χ1v) is 6.84. The molecule has 0 fully saturated rings. The van der Waals surface area contributed by atoms with E-state index in [4.69, 9.17) is 16.9 Å². The van der Waals surface area contributed by atoms with Crippen molar-refractivity contribution in [1.29, 1.82) is 5.26 Å². The quantitative estimate of drug-likeness (QED) is 0.729. The van der Waals surface area contributed by atoms with Crippen molar-refractivity contribution in [2.45, 2.75) is 25.7 Å². The number of nitrogens with zero attached hydrogens (tertiary/aromatic N) is 2. The van der Waals surface area contributed by atoms with Crippen LogP contribution in [0.25, 0.3) is 11.3 Å². The number of aromatic nitrogens is 1. The molecule has 3 heteroatoms. The van der Waals surface area contributed by atoms with Crippen LogP contribution in [0.5, 0.6) is 0 Å². The van der Waals surface area contributed by atoms with Crippen LogP contribution in [0.1, 0.15) is 29.5 Å². The maximum absolute atomic E-state index is 8.86. The molecule has 1 aromatic heterocycles. The molecule has 0 saturated heterocycles. The van der Waals surface area contributed by atoms with Crippen LogP contribution in [0.4, 0.5) is 0 Å². The monoisotopic (exact) mass is 268 g/mol. The molecule has 0 radical (unpaired) electrons. The first-order chi connectivity index (χ1) is 9.28. The van der Waals surface area contributed by atoms with Crippen molar-refractivity contribution < 1.29 is 0 Å². The maximum atomic E-state index is 8.86. The largest absolute Gasteiger partial charge is 0.235 e. The van der Waals surface area contributed by atoms with E-state index in [-0.39, 0.29) is 5.15 Å². The highest BCUT2D eigenvalue weighted by atomic mass is 35.5. The normalized spacial score (nSPS) is 13.7. The zero-order valence-electron chi connectivity index (χ0n) is 10.5. The third-order valence-corrected chi connectivity index (χ3v) is 3.90. The standard InChI is InChI=1S/C16H13ClN2/c17-16-14(10-18)7-8-15(19-16)13-6-5-11-3-1-2-4-12(11)9-13/h5-9H,1-4H2. The second kappa shape index (κ2) is 5.03. The molecular formula is C16H13ClN2. The summed E-state index contributed by atoms with van der Waals surface area (Å²) in [5.41, 5.74) is 5.20. The van der Waals surface area contributed by atoms with Gasteiger partial charge in [0.05, 0.1) is 11.3 Å². The maximum Gasteiger partial charge on any atom is 0.147 e. The number of nitriles is 1. The average molecular weight is 269 g/mol. The molecule has 2 aromatic rings. The van der Waals surface area contributed by atoms with Crippen LogP contribution in [0.2, 0.25) is 5.15 Å². The zero-order valence-corrected chi connectivity index (χ0v) is 11.2. The van der Waals surface area contributed by atoms with E-state index in [9.17, 15) is 0 Å². The summed E-state index contributed by atoms with van der Waals surface area (Å²) in [5.74, 6) is 0. The van der Waals surface area contributed by atoms with Crippen LogP contribution in [0.15, 0.2) is 30.3 Å². The number of fused-ring (bicyclic) bond motifs is 1. The highest BCUT2D eigenvalue weighted by molar-refractivity contribution is 6.30.